The minimum absolute atomic E-state index is 0.241. The monoisotopic (exact) mass is 290 g/mol. The number of esters is 2. The molecule has 0 atom stereocenters. The predicted octanol–water partition coefficient (Wildman–Crippen LogP) is 3.62. The van der Waals surface area contributed by atoms with E-state index >= 15 is 0 Å². The number of benzene rings is 1. The lowest BCUT2D eigenvalue weighted by atomic mass is 10.1. The summed E-state index contributed by atoms with van der Waals surface area (Å²) >= 11 is 0. The van der Waals surface area contributed by atoms with Crippen LogP contribution in [0.5, 0.6) is 0 Å². The van der Waals surface area contributed by atoms with E-state index in [2.05, 4.69) is 6.58 Å². The quantitative estimate of drug-likeness (QED) is 0.417. The highest BCUT2D eigenvalue weighted by atomic mass is 16.5. The lowest BCUT2D eigenvalue weighted by molar-refractivity contribution is 0.0428. The van der Waals surface area contributed by atoms with E-state index in [0.717, 1.165) is 12.8 Å². The van der Waals surface area contributed by atoms with Gasteiger partial charge in [-0.05, 0) is 30.9 Å². The van der Waals surface area contributed by atoms with Crippen LogP contribution in [0.3, 0.4) is 0 Å². The summed E-state index contributed by atoms with van der Waals surface area (Å²) in [5, 5.41) is 0. The van der Waals surface area contributed by atoms with Crippen LogP contribution < -0.4 is 0 Å². The van der Waals surface area contributed by atoms with Gasteiger partial charge in [0.25, 0.3) is 0 Å². The van der Waals surface area contributed by atoms with Crippen molar-refractivity contribution in [2.75, 3.05) is 13.2 Å². The van der Waals surface area contributed by atoms with Crippen molar-refractivity contribution in [2.45, 2.75) is 26.7 Å². The molecule has 0 radical (unpaired) electrons. The van der Waals surface area contributed by atoms with Gasteiger partial charge in [-0.3, -0.25) is 0 Å². The van der Waals surface area contributed by atoms with Crippen LogP contribution in [0.1, 0.15) is 47.4 Å². The maximum absolute atomic E-state index is 12.0. The van der Waals surface area contributed by atoms with E-state index < -0.39 is 11.9 Å². The van der Waals surface area contributed by atoms with E-state index in [1.807, 2.05) is 13.8 Å². The lowest BCUT2D eigenvalue weighted by Crippen LogP contribution is -2.16. The molecule has 114 valence electrons. The molecule has 0 heterocycles. The van der Waals surface area contributed by atoms with Crippen LogP contribution in [0.4, 0.5) is 0 Å². The van der Waals surface area contributed by atoms with Crippen LogP contribution in [0.2, 0.25) is 0 Å². The third-order valence-electron chi connectivity index (χ3n) is 2.70. The number of ether oxygens (including phenoxy) is 2. The van der Waals surface area contributed by atoms with Crippen molar-refractivity contribution >= 4 is 11.9 Å². The summed E-state index contributed by atoms with van der Waals surface area (Å²) in [5.41, 5.74) is 0.483. The minimum Gasteiger partial charge on any atom is -0.462 e. The third kappa shape index (κ3) is 5.81. The Morgan fingerprint density at radius 2 is 1.71 bits per heavy atom. The molecule has 1 aromatic carbocycles. The van der Waals surface area contributed by atoms with Crippen molar-refractivity contribution < 1.29 is 19.1 Å². The van der Waals surface area contributed by atoms with Gasteiger partial charge in [-0.1, -0.05) is 32.1 Å². The normalized spacial score (nSPS) is 10.2. The van der Waals surface area contributed by atoms with E-state index in [9.17, 15) is 9.59 Å². The summed E-state index contributed by atoms with van der Waals surface area (Å²) in [6.07, 6.45) is 3.27. The van der Waals surface area contributed by atoms with Crippen molar-refractivity contribution in [1.29, 1.82) is 0 Å². The smallest absolute Gasteiger partial charge is 0.339 e. The Hall–Kier alpha value is -2.10. The van der Waals surface area contributed by atoms with Crippen molar-refractivity contribution in [3.05, 3.63) is 48.0 Å². The Labute approximate surface area is 125 Å². The highest BCUT2D eigenvalue weighted by molar-refractivity contribution is 6.03. The number of hydrogen-bond acceptors (Lipinski definition) is 4. The number of hydrogen-bond donors (Lipinski definition) is 0. The number of allylic oxidation sites excluding steroid dienone is 1. The van der Waals surface area contributed by atoms with Crippen LogP contribution in [0, 0.1) is 5.92 Å². The topological polar surface area (TPSA) is 52.6 Å². The molecule has 4 nitrogen and oxygen atoms in total. The molecule has 0 aromatic heterocycles. The Morgan fingerprint density at radius 3 is 2.24 bits per heavy atom. The molecular weight excluding hydrogens is 268 g/mol. The van der Waals surface area contributed by atoms with Gasteiger partial charge in [-0.2, -0.15) is 0 Å². The lowest BCUT2D eigenvalue weighted by Gasteiger charge is -2.10. The summed E-state index contributed by atoms with van der Waals surface area (Å²) in [5.74, 6) is -0.759. The maximum Gasteiger partial charge on any atom is 0.339 e. The van der Waals surface area contributed by atoms with Crippen molar-refractivity contribution in [2.24, 2.45) is 5.92 Å². The third-order valence-corrected chi connectivity index (χ3v) is 2.70. The number of carbonyl (C=O) groups excluding carboxylic acids is 2. The van der Waals surface area contributed by atoms with Gasteiger partial charge in [-0.15, -0.1) is 6.58 Å². The van der Waals surface area contributed by atoms with Crippen LogP contribution in [0.15, 0.2) is 36.9 Å². The van der Waals surface area contributed by atoms with Crippen molar-refractivity contribution in [1.82, 2.24) is 0 Å². The molecule has 0 aliphatic rings. The van der Waals surface area contributed by atoms with Crippen LogP contribution in [-0.4, -0.2) is 25.2 Å². The highest BCUT2D eigenvalue weighted by Gasteiger charge is 2.19. The van der Waals surface area contributed by atoms with Crippen LogP contribution >= 0.6 is 0 Å². The fourth-order valence-corrected chi connectivity index (χ4v) is 1.63. The zero-order valence-electron chi connectivity index (χ0n) is 12.6. The van der Waals surface area contributed by atoms with Gasteiger partial charge in [0.1, 0.15) is 0 Å². The van der Waals surface area contributed by atoms with Gasteiger partial charge in [0.2, 0.25) is 0 Å². The molecule has 0 spiro atoms. The van der Waals surface area contributed by atoms with E-state index in [1.54, 1.807) is 30.3 Å². The molecule has 4 heteroatoms. The van der Waals surface area contributed by atoms with Crippen molar-refractivity contribution in [3.63, 3.8) is 0 Å². The molecule has 0 saturated carbocycles. The fraction of sp³-hybridized carbons (Fsp3) is 0.412. The molecule has 0 aliphatic heterocycles. The summed E-state index contributed by atoms with van der Waals surface area (Å²) in [4.78, 5) is 24.0. The SMILES string of the molecule is C=CCCCOC(=O)c1ccccc1C(=O)OCC(C)C. The standard InChI is InChI=1S/C17H22O4/c1-4-5-8-11-20-16(18)14-9-6-7-10-15(14)17(19)21-12-13(2)3/h4,6-7,9-10,13H,1,5,8,11-12H2,2-3H3. The highest BCUT2D eigenvalue weighted by Crippen LogP contribution is 2.13. The molecule has 0 saturated heterocycles. The molecule has 0 aliphatic carbocycles. The first kappa shape index (κ1) is 17.0. The van der Waals surface area contributed by atoms with E-state index in [0.29, 0.717) is 13.2 Å². The second-order valence-corrected chi connectivity index (χ2v) is 5.10. The maximum atomic E-state index is 12.0. The Bertz CT molecular complexity index is 491. The van der Waals surface area contributed by atoms with Crippen LogP contribution in [0.25, 0.3) is 0 Å². The zero-order chi connectivity index (χ0) is 15.7. The van der Waals surface area contributed by atoms with Crippen molar-refractivity contribution in [3.8, 4) is 0 Å². The van der Waals surface area contributed by atoms with Gasteiger partial charge in [0.15, 0.2) is 0 Å². The molecule has 0 unspecified atom stereocenters. The second kappa shape index (κ2) is 8.95. The summed E-state index contributed by atoms with van der Waals surface area (Å²) in [6.45, 7) is 8.14. The first-order valence-corrected chi connectivity index (χ1v) is 7.10. The molecule has 0 amide bonds. The number of carbonyl (C=O) groups is 2. The van der Waals surface area contributed by atoms with E-state index in [4.69, 9.17) is 9.47 Å². The van der Waals surface area contributed by atoms with Crippen LogP contribution in [-0.2, 0) is 9.47 Å². The molecule has 1 rings (SSSR count). The largest absolute Gasteiger partial charge is 0.462 e. The zero-order valence-corrected chi connectivity index (χ0v) is 12.6. The summed E-state index contributed by atoms with van der Waals surface area (Å²) in [7, 11) is 0. The Kier molecular flexibility index (Phi) is 7.23. The number of unbranched alkanes of at least 4 members (excludes halogenated alkanes) is 1. The second-order valence-electron chi connectivity index (χ2n) is 5.10. The van der Waals surface area contributed by atoms with Gasteiger partial charge in [-0.25, -0.2) is 9.59 Å². The van der Waals surface area contributed by atoms with Gasteiger partial charge in [0, 0.05) is 0 Å². The van der Waals surface area contributed by atoms with E-state index in [-0.39, 0.29) is 17.0 Å². The van der Waals surface area contributed by atoms with Gasteiger partial charge >= 0.3 is 11.9 Å². The predicted molar refractivity (Wildman–Crippen MR) is 81.3 cm³/mol. The molecular formula is C17H22O4. The molecule has 0 N–H and O–H groups in total. The molecule has 1 aromatic rings. The van der Waals surface area contributed by atoms with Gasteiger partial charge in [0.05, 0.1) is 24.3 Å². The number of rotatable bonds is 8. The Morgan fingerprint density at radius 1 is 1.14 bits per heavy atom. The first-order chi connectivity index (χ1) is 10.1. The minimum atomic E-state index is -0.504. The van der Waals surface area contributed by atoms with E-state index in [1.165, 1.54) is 0 Å². The molecule has 21 heavy (non-hydrogen) atoms. The first-order valence-electron chi connectivity index (χ1n) is 7.10. The fourth-order valence-electron chi connectivity index (χ4n) is 1.63. The summed E-state index contributed by atoms with van der Waals surface area (Å²) < 4.78 is 10.3. The average molecular weight is 290 g/mol. The molecule has 0 fully saturated rings. The average Bonchev–Trinajstić information content (AvgIpc) is 2.49. The summed E-state index contributed by atoms with van der Waals surface area (Å²) in [6, 6.07) is 6.53. The van der Waals surface area contributed by atoms with Gasteiger partial charge < -0.3 is 9.47 Å². The Balaban J connectivity index is 2.71. The molecule has 0 bridgehead atoms.